The Morgan fingerprint density at radius 2 is 1.61 bits per heavy atom. The van der Waals surface area contributed by atoms with E-state index < -0.39 is 9.84 Å². The highest BCUT2D eigenvalue weighted by molar-refractivity contribution is 7.90. The van der Waals surface area contributed by atoms with Crippen molar-refractivity contribution in [2.75, 3.05) is 31.1 Å². The highest BCUT2D eigenvalue weighted by Gasteiger charge is 2.25. The highest BCUT2D eigenvalue weighted by Crippen LogP contribution is 2.24. The Bertz CT molecular complexity index is 1310. The molecule has 1 heterocycles. The summed E-state index contributed by atoms with van der Waals surface area (Å²) in [6.07, 6.45) is 3.25. The van der Waals surface area contributed by atoms with Gasteiger partial charge in [-0.25, -0.2) is 8.42 Å². The SMILES string of the molecule is CCCCc1ccc(CS(=O)(=O)c2ccc(C)c(C(=O)N3CCN(c4cccc(Cl)c4)CC3)c2)cc1. The number of anilines is 1. The number of sulfone groups is 1. The summed E-state index contributed by atoms with van der Waals surface area (Å²) >= 11 is 6.13. The van der Waals surface area contributed by atoms with Gasteiger partial charge >= 0.3 is 0 Å². The zero-order valence-electron chi connectivity index (χ0n) is 20.9. The molecule has 0 N–H and O–H groups in total. The van der Waals surface area contributed by atoms with E-state index >= 15 is 0 Å². The van der Waals surface area contributed by atoms with E-state index in [1.165, 1.54) is 5.56 Å². The normalized spacial score (nSPS) is 14.2. The van der Waals surface area contributed by atoms with Crippen LogP contribution < -0.4 is 4.90 Å². The molecular formula is C29H33ClN2O3S. The van der Waals surface area contributed by atoms with Crippen LogP contribution in [0.2, 0.25) is 5.02 Å². The third kappa shape index (κ3) is 6.29. The maximum Gasteiger partial charge on any atom is 0.254 e. The number of nitrogens with zero attached hydrogens (tertiary/aromatic N) is 2. The van der Waals surface area contributed by atoms with Crippen LogP contribution in [0, 0.1) is 6.92 Å². The second-order valence-corrected chi connectivity index (χ2v) is 11.8. The fourth-order valence-electron chi connectivity index (χ4n) is 4.52. The lowest BCUT2D eigenvalue weighted by molar-refractivity contribution is 0.0746. The third-order valence-electron chi connectivity index (χ3n) is 6.74. The molecule has 7 heteroatoms. The molecule has 1 aliphatic heterocycles. The minimum atomic E-state index is -3.59. The molecule has 0 aromatic heterocycles. The Balaban J connectivity index is 1.45. The number of aryl methyl sites for hydroxylation is 2. The molecule has 0 aliphatic carbocycles. The van der Waals surface area contributed by atoms with E-state index in [2.05, 4.69) is 11.8 Å². The number of carbonyl (C=O) groups excluding carboxylic acids is 1. The van der Waals surface area contributed by atoms with Gasteiger partial charge in [0.25, 0.3) is 5.91 Å². The van der Waals surface area contributed by atoms with Gasteiger partial charge in [0.2, 0.25) is 0 Å². The monoisotopic (exact) mass is 524 g/mol. The fourth-order valence-corrected chi connectivity index (χ4v) is 6.08. The van der Waals surface area contributed by atoms with E-state index in [4.69, 9.17) is 11.6 Å². The smallest absolute Gasteiger partial charge is 0.254 e. The Hall–Kier alpha value is -2.83. The van der Waals surface area contributed by atoms with Crippen molar-refractivity contribution >= 4 is 33.0 Å². The molecule has 3 aromatic rings. The molecule has 1 fully saturated rings. The summed E-state index contributed by atoms with van der Waals surface area (Å²) in [4.78, 5) is 17.6. The molecule has 1 saturated heterocycles. The van der Waals surface area contributed by atoms with Gasteiger partial charge in [-0.1, -0.05) is 61.3 Å². The van der Waals surface area contributed by atoms with Crippen molar-refractivity contribution in [1.82, 2.24) is 4.90 Å². The summed E-state index contributed by atoms with van der Waals surface area (Å²) in [5, 5.41) is 0.687. The van der Waals surface area contributed by atoms with Gasteiger partial charge in [-0.15, -0.1) is 0 Å². The van der Waals surface area contributed by atoms with Gasteiger partial charge in [0.15, 0.2) is 9.84 Å². The van der Waals surface area contributed by atoms with E-state index in [0.29, 0.717) is 36.8 Å². The van der Waals surface area contributed by atoms with Crippen LogP contribution in [0.15, 0.2) is 71.6 Å². The first-order chi connectivity index (χ1) is 17.3. The maximum atomic E-state index is 13.4. The molecule has 0 spiro atoms. The Kier molecular flexibility index (Phi) is 8.37. The largest absolute Gasteiger partial charge is 0.368 e. The predicted molar refractivity (Wildman–Crippen MR) is 147 cm³/mol. The Morgan fingerprint density at radius 3 is 2.28 bits per heavy atom. The van der Waals surface area contributed by atoms with E-state index in [-0.39, 0.29) is 16.6 Å². The first-order valence-corrected chi connectivity index (χ1v) is 14.5. The number of rotatable bonds is 8. The fraction of sp³-hybridized carbons (Fsp3) is 0.345. The summed E-state index contributed by atoms with van der Waals surface area (Å²) in [5.74, 6) is -0.216. The molecule has 0 unspecified atom stereocenters. The molecule has 36 heavy (non-hydrogen) atoms. The van der Waals surface area contributed by atoms with Crippen LogP contribution in [0.3, 0.4) is 0 Å². The van der Waals surface area contributed by atoms with Crippen molar-refractivity contribution in [2.24, 2.45) is 0 Å². The van der Waals surface area contributed by atoms with Crippen LogP contribution in [0.4, 0.5) is 5.69 Å². The second-order valence-electron chi connectivity index (χ2n) is 9.41. The van der Waals surface area contributed by atoms with E-state index in [1.54, 1.807) is 23.1 Å². The molecule has 0 saturated carbocycles. The van der Waals surface area contributed by atoms with Crippen LogP contribution in [0.1, 0.15) is 46.8 Å². The van der Waals surface area contributed by atoms with Gasteiger partial charge in [-0.2, -0.15) is 0 Å². The number of carbonyl (C=O) groups is 1. The van der Waals surface area contributed by atoms with Crippen molar-refractivity contribution in [1.29, 1.82) is 0 Å². The molecule has 1 amide bonds. The van der Waals surface area contributed by atoms with Gasteiger partial charge in [-0.3, -0.25) is 4.79 Å². The second kappa shape index (κ2) is 11.5. The number of piperazine rings is 1. The lowest BCUT2D eigenvalue weighted by atomic mass is 10.1. The Labute approximate surface area is 219 Å². The number of hydrogen-bond donors (Lipinski definition) is 0. The molecule has 0 bridgehead atoms. The zero-order valence-corrected chi connectivity index (χ0v) is 22.5. The van der Waals surface area contributed by atoms with Gasteiger partial charge in [0, 0.05) is 42.5 Å². The van der Waals surface area contributed by atoms with E-state index in [9.17, 15) is 13.2 Å². The van der Waals surface area contributed by atoms with Crippen molar-refractivity contribution < 1.29 is 13.2 Å². The van der Waals surface area contributed by atoms with Crippen LogP contribution in [0.5, 0.6) is 0 Å². The van der Waals surface area contributed by atoms with Crippen molar-refractivity contribution in [3.8, 4) is 0 Å². The highest BCUT2D eigenvalue weighted by atomic mass is 35.5. The number of unbranched alkanes of at least 4 members (excludes halogenated alkanes) is 1. The minimum Gasteiger partial charge on any atom is -0.368 e. The van der Waals surface area contributed by atoms with Gasteiger partial charge in [0.1, 0.15) is 0 Å². The van der Waals surface area contributed by atoms with Crippen molar-refractivity contribution in [2.45, 2.75) is 43.8 Å². The van der Waals surface area contributed by atoms with E-state index in [1.807, 2.05) is 55.5 Å². The predicted octanol–water partition coefficient (Wildman–Crippen LogP) is 5.93. The van der Waals surface area contributed by atoms with E-state index in [0.717, 1.165) is 36.1 Å². The molecule has 190 valence electrons. The first-order valence-electron chi connectivity index (χ1n) is 12.5. The number of benzene rings is 3. The summed E-state index contributed by atoms with van der Waals surface area (Å²) < 4.78 is 26.4. The van der Waals surface area contributed by atoms with Crippen LogP contribution >= 0.6 is 11.6 Å². The lowest BCUT2D eigenvalue weighted by Gasteiger charge is -2.36. The zero-order chi connectivity index (χ0) is 25.7. The molecule has 3 aromatic carbocycles. The molecule has 5 nitrogen and oxygen atoms in total. The summed E-state index contributed by atoms with van der Waals surface area (Å²) in [5.41, 5.74) is 4.23. The number of halogens is 1. The lowest BCUT2D eigenvalue weighted by Crippen LogP contribution is -2.49. The minimum absolute atomic E-state index is 0.0872. The first kappa shape index (κ1) is 26.2. The van der Waals surface area contributed by atoms with Gasteiger partial charge < -0.3 is 9.80 Å². The Morgan fingerprint density at radius 1 is 0.917 bits per heavy atom. The number of amides is 1. The molecule has 1 aliphatic rings. The van der Waals surface area contributed by atoms with Crippen LogP contribution in [-0.4, -0.2) is 45.4 Å². The third-order valence-corrected chi connectivity index (χ3v) is 8.66. The quantitative estimate of drug-likeness (QED) is 0.366. The van der Waals surface area contributed by atoms with Gasteiger partial charge in [0.05, 0.1) is 10.6 Å². The van der Waals surface area contributed by atoms with Crippen molar-refractivity contribution in [3.63, 3.8) is 0 Å². The molecule has 4 rings (SSSR count). The molecule has 0 atom stereocenters. The number of hydrogen-bond acceptors (Lipinski definition) is 4. The molecule has 0 radical (unpaired) electrons. The standard InChI is InChI=1S/C29H33ClN2O3S/c1-3-4-6-23-10-12-24(13-11-23)21-36(34,35)27-14-9-22(2)28(20-27)29(33)32-17-15-31(16-18-32)26-8-5-7-25(30)19-26/h5,7-14,19-20H,3-4,6,15-18,21H2,1-2H3. The van der Waals surface area contributed by atoms with Crippen LogP contribution in [0.25, 0.3) is 0 Å². The molecular weight excluding hydrogens is 492 g/mol. The average Bonchev–Trinajstić information content (AvgIpc) is 2.88. The van der Waals surface area contributed by atoms with Crippen LogP contribution in [-0.2, 0) is 22.0 Å². The topological polar surface area (TPSA) is 57.7 Å². The summed E-state index contributed by atoms with van der Waals surface area (Å²) in [6.45, 7) is 6.51. The van der Waals surface area contributed by atoms with Crippen molar-refractivity contribution in [3.05, 3.63) is 94.0 Å². The van der Waals surface area contributed by atoms with Gasteiger partial charge in [-0.05, 0) is 66.8 Å². The summed E-state index contributed by atoms with van der Waals surface area (Å²) in [6, 6.07) is 20.4. The average molecular weight is 525 g/mol. The summed E-state index contributed by atoms with van der Waals surface area (Å²) in [7, 11) is -3.59. The maximum absolute atomic E-state index is 13.4.